The van der Waals surface area contributed by atoms with E-state index in [0.717, 1.165) is 51.3 Å². The third-order valence-electron chi connectivity index (χ3n) is 5.39. The molecule has 146 valence electrons. The lowest BCUT2D eigenvalue weighted by Crippen LogP contribution is -2.46. The van der Waals surface area contributed by atoms with Gasteiger partial charge >= 0.3 is 0 Å². The first kappa shape index (κ1) is 21.7. The van der Waals surface area contributed by atoms with Crippen molar-refractivity contribution < 1.29 is 9.90 Å². The van der Waals surface area contributed by atoms with Crippen LogP contribution < -0.4 is 10.6 Å². The molecule has 1 heterocycles. The molecule has 25 heavy (non-hydrogen) atoms. The average molecular weight is 355 g/mol. The molecule has 0 aromatic rings. The minimum absolute atomic E-state index is 0.0499. The summed E-state index contributed by atoms with van der Waals surface area (Å²) in [6.07, 6.45) is 3.75. The van der Waals surface area contributed by atoms with Crippen LogP contribution >= 0.6 is 0 Å². The van der Waals surface area contributed by atoms with E-state index in [-0.39, 0.29) is 29.9 Å². The van der Waals surface area contributed by atoms with E-state index in [1.807, 2.05) is 18.7 Å². The van der Waals surface area contributed by atoms with Crippen molar-refractivity contribution in [3.05, 3.63) is 0 Å². The first-order valence-corrected chi connectivity index (χ1v) is 9.85. The van der Waals surface area contributed by atoms with Crippen LogP contribution in [0.25, 0.3) is 0 Å². The van der Waals surface area contributed by atoms with Gasteiger partial charge in [-0.1, -0.05) is 27.7 Å². The van der Waals surface area contributed by atoms with Gasteiger partial charge in [0.1, 0.15) is 0 Å². The number of aliphatic imine (C=N–C) groups is 1. The molecule has 0 spiro atoms. The first-order valence-electron chi connectivity index (χ1n) is 9.85. The normalized spacial score (nSPS) is 18.8. The second-order valence-electron chi connectivity index (χ2n) is 7.44. The van der Waals surface area contributed by atoms with Gasteiger partial charge in [0.05, 0.1) is 0 Å². The van der Waals surface area contributed by atoms with Crippen LogP contribution in [0.1, 0.15) is 60.3 Å². The van der Waals surface area contributed by atoms with E-state index in [0.29, 0.717) is 6.54 Å². The highest BCUT2D eigenvalue weighted by atomic mass is 16.3. The van der Waals surface area contributed by atoms with Gasteiger partial charge in [0.2, 0.25) is 5.91 Å². The number of carbonyl (C=O) groups excluding carboxylic acids is 1. The molecule has 1 fully saturated rings. The van der Waals surface area contributed by atoms with Crippen LogP contribution in [0, 0.1) is 11.3 Å². The lowest BCUT2D eigenvalue weighted by atomic mass is 9.79. The summed E-state index contributed by atoms with van der Waals surface area (Å²) in [5.74, 6) is 1.09. The summed E-state index contributed by atoms with van der Waals surface area (Å²) < 4.78 is 0. The molecule has 0 aromatic carbocycles. The van der Waals surface area contributed by atoms with E-state index in [4.69, 9.17) is 4.99 Å². The van der Waals surface area contributed by atoms with Crippen LogP contribution in [0.4, 0.5) is 0 Å². The van der Waals surface area contributed by atoms with E-state index >= 15 is 0 Å². The number of nitrogens with zero attached hydrogens (tertiary/aromatic N) is 2. The molecule has 6 heteroatoms. The molecule has 6 nitrogen and oxygen atoms in total. The van der Waals surface area contributed by atoms with Gasteiger partial charge in [-0.05, 0) is 38.0 Å². The van der Waals surface area contributed by atoms with E-state index in [1.54, 1.807) is 0 Å². The second-order valence-corrected chi connectivity index (χ2v) is 7.44. The number of carbonyl (C=O) groups is 1. The second kappa shape index (κ2) is 10.6. The van der Waals surface area contributed by atoms with Crippen molar-refractivity contribution in [3.63, 3.8) is 0 Å². The third-order valence-corrected chi connectivity index (χ3v) is 5.39. The van der Waals surface area contributed by atoms with Crippen LogP contribution in [0.15, 0.2) is 4.99 Å². The molecule has 0 bridgehead atoms. The van der Waals surface area contributed by atoms with Crippen LogP contribution in [0.3, 0.4) is 0 Å². The topological polar surface area (TPSA) is 77.0 Å². The standard InChI is InChI=1S/C19H38N4O2/c1-6-19(7-2,10-12-24)14-21-18(20-8-3)22-16-9-11-23(13-16)17(25)15(4)5/h15-16,24H,6-14H2,1-5H3,(H2,20,21,22). The number of hydrogen-bond donors (Lipinski definition) is 3. The number of aliphatic hydroxyl groups is 1. The molecular formula is C19H38N4O2. The molecule has 1 atom stereocenters. The summed E-state index contributed by atoms with van der Waals surface area (Å²) in [4.78, 5) is 18.9. The maximum atomic E-state index is 12.1. The highest BCUT2D eigenvalue weighted by molar-refractivity contribution is 5.81. The number of guanidine groups is 1. The SMILES string of the molecule is CCNC(=NCC(CC)(CC)CCO)NC1CCN(C(=O)C(C)C)C1. The molecule has 1 aliphatic rings. The Bertz CT molecular complexity index is 433. The van der Waals surface area contributed by atoms with Crippen LogP contribution in [-0.2, 0) is 4.79 Å². The first-order chi connectivity index (χ1) is 11.9. The van der Waals surface area contributed by atoms with E-state index in [9.17, 15) is 9.90 Å². The zero-order valence-corrected chi connectivity index (χ0v) is 16.8. The molecule has 3 N–H and O–H groups in total. The molecule has 1 unspecified atom stereocenters. The molecule has 1 rings (SSSR count). The Balaban J connectivity index is 2.69. The average Bonchev–Trinajstić information content (AvgIpc) is 3.06. The van der Waals surface area contributed by atoms with Gasteiger partial charge in [-0.2, -0.15) is 0 Å². The summed E-state index contributed by atoms with van der Waals surface area (Å²) in [5, 5.41) is 16.2. The maximum Gasteiger partial charge on any atom is 0.225 e. The fourth-order valence-electron chi connectivity index (χ4n) is 3.35. The Hall–Kier alpha value is -1.30. The van der Waals surface area contributed by atoms with Gasteiger partial charge in [-0.3, -0.25) is 9.79 Å². The highest BCUT2D eigenvalue weighted by Crippen LogP contribution is 2.30. The predicted octanol–water partition coefficient (Wildman–Crippen LogP) is 1.99. The number of hydrogen-bond acceptors (Lipinski definition) is 3. The molecular weight excluding hydrogens is 316 g/mol. The Morgan fingerprint density at radius 3 is 2.52 bits per heavy atom. The van der Waals surface area contributed by atoms with E-state index in [1.165, 1.54) is 0 Å². The Morgan fingerprint density at radius 1 is 1.32 bits per heavy atom. The lowest BCUT2D eigenvalue weighted by molar-refractivity contribution is -0.133. The molecule has 0 aromatic heterocycles. The van der Waals surface area contributed by atoms with Gasteiger partial charge < -0.3 is 20.6 Å². The zero-order valence-electron chi connectivity index (χ0n) is 16.8. The summed E-state index contributed by atoms with van der Waals surface area (Å²) in [6, 6.07) is 0.246. The van der Waals surface area contributed by atoms with Crippen molar-refractivity contribution in [2.24, 2.45) is 16.3 Å². The monoisotopic (exact) mass is 354 g/mol. The van der Waals surface area contributed by atoms with Gasteiger partial charge in [0.25, 0.3) is 0 Å². The lowest BCUT2D eigenvalue weighted by Gasteiger charge is -2.30. The molecule has 0 saturated carbocycles. The largest absolute Gasteiger partial charge is 0.396 e. The van der Waals surface area contributed by atoms with Crippen molar-refractivity contribution >= 4 is 11.9 Å². The van der Waals surface area contributed by atoms with Crippen molar-refractivity contribution in [2.75, 3.05) is 32.8 Å². The van der Waals surface area contributed by atoms with Gasteiger partial charge in [0.15, 0.2) is 5.96 Å². The quantitative estimate of drug-likeness (QED) is 0.437. The van der Waals surface area contributed by atoms with E-state index < -0.39 is 0 Å². The van der Waals surface area contributed by atoms with E-state index in [2.05, 4.69) is 31.4 Å². The number of nitrogens with one attached hydrogen (secondary N) is 2. The Morgan fingerprint density at radius 2 is 2.00 bits per heavy atom. The van der Waals surface area contributed by atoms with Crippen molar-refractivity contribution in [2.45, 2.75) is 66.3 Å². The van der Waals surface area contributed by atoms with Gasteiger partial charge in [-0.15, -0.1) is 0 Å². The number of likely N-dealkylation sites (tertiary alicyclic amines) is 1. The Labute approximate surface area is 153 Å². The number of rotatable bonds is 9. The van der Waals surface area contributed by atoms with Crippen molar-refractivity contribution in [1.29, 1.82) is 0 Å². The predicted molar refractivity (Wildman–Crippen MR) is 104 cm³/mol. The van der Waals surface area contributed by atoms with Crippen LogP contribution in [-0.4, -0.2) is 60.7 Å². The molecule has 1 amide bonds. The summed E-state index contributed by atoms with van der Waals surface area (Å²) >= 11 is 0. The summed E-state index contributed by atoms with van der Waals surface area (Å²) in [7, 11) is 0. The van der Waals surface area contributed by atoms with Crippen LogP contribution in [0.5, 0.6) is 0 Å². The summed E-state index contributed by atoms with van der Waals surface area (Å²) in [6.45, 7) is 13.6. The number of amides is 1. The molecule has 0 aliphatic carbocycles. The molecule has 1 aliphatic heterocycles. The minimum atomic E-state index is 0.0499. The molecule has 1 saturated heterocycles. The fourth-order valence-corrected chi connectivity index (χ4v) is 3.35. The van der Waals surface area contributed by atoms with Crippen molar-refractivity contribution in [3.8, 4) is 0 Å². The highest BCUT2D eigenvalue weighted by Gasteiger charge is 2.29. The van der Waals surface area contributed by atoms with Gasteiger partial charge in [0, 0.05) is 44.7 Å². The number of aliphatic hydroxyl groups excluding tert-OH is 1. The zero-order chi connectivity index (χ0) is 18.9. The fraction of sp³-hybridized carbons (Fsp3) is 0.895. The van der Waals surface area contributed by atoms with Crippen molar-refractivity contribution in [1.82, 2.24) is 15.5 Å². The smallest absolute Gasteiger partial charge is 0.225 e. The molecule has 0 radical (unpaired) electrons. The van der Waals surface area contributed by atoms with Gasteiger partial charge in [-0.25, -0.2) is 0 Å². The van der Waals surface area contributed by atoms with Crippen LogP contribution in [0.2, 0.25) is 0 Å². The Kier molecular flexibility index (Phi) is 9.25. The minimum Gasteiger partial charge on any atom is -0.396 e. The third kappa shape index (κ3) is 6.49. The maximum absolute atomic E-state index is 12.1. The summed E-state index contributed by atoms with van der Waals surface area (Å²) in [5.41, 5.74) is 0.0619.